The third-order valence-electron chi connectivity index (χ3n) is 9.52. The second-order valence-electron chi connectivity index (χ2n) is 14.1. The summed E-state index contributed by atoms with van der Waals surface area (Å²) >= 11 is 0. The van der Waals surface area contributed by atoms with Crippen LogP contribution in [0.2, 0.25) is 0 Å². The number of allylic oxidation sites excluding steroid dienone is 4. The first-order chi connectivity index (χ1) is 25.6. The van der Waals surface area contributed by atoms with Crippen LogP contribution < -0.4 is 0 Å². The quantitative estimate of drug-likeness (QED) is 0.0332. The highest BCUT2D eigenvalue weighted by Gasteiger charge is 2.47. The van der Waals surface area contributed by atoms with Crippen molar-refractivity contribution in [3.63, 3.8) is 0 Å². The summed E-state index contributed by atoms with van der Waals surface area (Å²) in [5.74, 6) is -0.467. The van der Waals surface area contributed by atoms with E-state index in [1.165, 1.54) is 64.2 Å². The van der Waals surface area contributed by atoms with Crippen LogP contribution >= 0.6 is 0 Å². The van der Waals surface area contributed by atoms with Crippen LogP contribution in [0.5, 0.6) is 0 Å². The Morgan fingerprint density at radius 3 is 1.74 bits per heavy atom. The number of unbranched alkanes of at least 4 members (excludes halogenated alkanes) is 12. The summed E-state index contributed by atoms with van der Waals surface area (Å²) in [6.45, 7) is 3.04. The van der Waals surface area contributed by atoms with Crippen LogP contribution in [0.3, 0.4) is 0 Å². The Kier molecular flexibility index (Phi) is 25.9. The lowest BCUT2D eigenvalue weighted by Gasteiger charge is -2.42. The number of carbonyl (C=O) groups excluding carboxylic acids is 1. The van der Waals surface area contributed by atoms with Gasteiger partial charge in [0.25, 0.3) is 0 Å². The fourth-order valence-corrected chi connectivity index (χ4v) is 6.11. The largest absolute Gasteiger partial charge is 0.457 e. The van der Waals surface area contributed by atoms with E-state index in [9.17, 15) is 40.5 Å². The van der Waals surface area contributed by atoms with E-state index in [1.54, 1.807) is 6.92 Å². The average Bonchev–Trinajstić information content (AvgIpc) is 3.16. The highest BCUT2D eigenvalue weighted by Crippen LogP contribution is 2.26. The zero-order valence-electron chi connectivity index (χ0n) is 32.0. The molecule has 0 amide bonds. The van der Waals surface area contributed by atoms with Gasteiger partial charge in [0.15, 0.2) is 12.6 Å². The van der Waals surface area contributed by atoms with Gasteiger partial charge in [-0.3, -0.25) is 4.79 Å². The van der Waals surface area contributed by atoms with Gasteiger partial charge in [-0.15, -0.1) is 0 Å². The molecule has 0 saturated carbocycles. The van der Waals surface area contributed by atoms with Crippen LogP contribution in [0.15, 0.2) is 24.3 Å². The minimum Gasteiger partial charge on any atom is -0.457 e. The SMILES string of the molecule is CCCCCC/C=C\C/C=C\CCCCCCCCCCOCC(COC1OC(COC2OC(CO)C(O)C(O)C2O)C(O)C(O)C1O)OC(=O)CC. The van der Waals surface area contributed by atoms with E-state index in [4.69, 9.17) is 28.4 Å². The fourth-order valence-electron chi connectivity index (χ4n) is 6.11. The standard InChI is InChI=1S/C39H70O14/c1-3-5-6-7-8-9-10-11-12-13-14-15-16-17-18-19-20-21-22-23-48-25-28(51-31(41)4-2)26-49-38-37(47)35(45)33(43)30(53-38)27-50-39-36(46)34(44)32(42)29(24-40)52-39/h9-10,12-13,28-30,32-40,42-47H,3-8,11,14-27H2,1-2H3/b10-9-,13-12-. The van der Waals surface area contributed by atoms with Gasteiger partial charge in [0.2, 0.25) is 0 Å². The minimum absolute atomic E-state index is 0.0488. The number of esters is 1. The van der Waals surface area contributed by atoms with Crippen LogP contribution in [0.25, 0.3) is 0 Å². The normalized spacial score (nSPS) is 30.0. The van der Waals surface area contributed by atoms with Crippen molar-refractivity contribution in [3.05, 3.63) is 24.3 Å². The molecule has 0 aromatic carbocycles. The summed E-state index contributed by atoms with van der Waals surface area (Å²) in [6.07, 6.45) is 10.9. The van der Waals surface area contributed by atoms with Crippen molar-refractivity contribution in [3.8, 4) is 0 Å². The van der Waals surface area contributed by atoms with Gasteiger partial charge in [-0.05, 0) is 38.5 Å². The molecule has 2 heterocycles. The van der Waals surface area contributed by atoms with Crippen molar-refractivity contribution >= 4 is 5.97 Å². The first kappa shape index (κ1) is 47.6. The Morgan fingerprint density at radius 1 is 0.623 bits per heavy atom. The molecule has 14 nitrogen and oxygen atoms in total. The van der Waals surface area contributed by atoms with E-state index in [1.807, 2.05) is 0 Å². The summed E-state index contributed by atoms with van der Waals surface area (Å²) in [5, 5.41) is 71.0. The van der Waals surface area contributed by atoms with E-state index < -0.39 is 86.7 Å². The predicted octanol–water partition coefficient (Wildman–Crippen LogP) is 2.95. The van der Waals surface area contributed by atoms with Gasteiger partial charge in [-0.1, -0.05) is 95.9 Å². The van der Waals surface area contributed by atoms with Crippen LogP contribution in [0.1, 0.15) is 117 Å². The molecule has 2 aliphatic rings. The van der Waals surface area contributed by atoms with Crippen LogP contribution in [-0.2, 0) is 33.2 Å². The molecule has 0 bridgehead atoms. The Hall–Kier alpha value is -1.53. The van der Waals surface area contributed by atoms with E-state index >= 15 is 0 Å². The molecule has 2 saturated heterocycles. The van der Waals surface area contributed by atoms with Gasteiger partial charge in [-0.25, -0.2) is 0 Å². The molecule has 14 heteroatoms. The highest BCUT2D eigenvalue weighted by molar-refractivity contribution is 5.69. The number of aliphatic hydroxyl groups is 7. The van der Waals surface area contributed by atoms with Crippen molar-refractivity contribution in [1.82, 2.24) is 0 Å². The summed E-state index contributed by atoms with van der Waals surface area (Å²) in [5.41, 5.74) is 0. The van der Waals surface area contributed by atoms with Crippen molar-refractivity contribution in [2.75, 3.05) is 33.0 Å². The Balaban J connectivity index is 1.62. The third-order valence-corrected chi connectivity index (χ3v) is 9.52. The highest BCUT2D eigenvalue weighted by atomic mass is 16.7. The minimum atomic E-state index is -1.70. The molecule has 2 aliphatic heterocycles. The van der Waals surface area contributed by atoms with E-state index in [-0.39, 0.29) is 19.6 Å². The molecule has 2 rings (SSSR count). The molecule has 53 heavy (non-hydrogen) atoms. The Bertz CT molecular complexity index is 980. The summed E-state index contributed by atoms with van der Waals surface area (Å²) < 4.78 is 33.3. The molecule has 0 aromatic rings. The first-order valence-electron chi connectivity index (χ1n) is 19.9. The first-order valence-corrected chi connectivity index (χ1v) is 19.9. The molecule has 0 radical (unpaired) electrons. The van der Waals surface area contributed by atoms with Crippen molar-refractivity contribution in [1.29, 1.82) is 0 Å². The van der Waals surface area contributed by atoms with Gasteiger partial charge in [0.05, 0.1) is 26.4 Å². The van der Waals surface area contributed by atoms with Crippen LogP contribution in [0, 0.1) is 0 Å². The number of rotatable bonds is 29. The number of hydrogen-bond acceptors (Lipinski definition) is 14. The van der Waals surface area contributed by atoms with Crippen molar-refractivity contribution in [2.24, 2.45) is 0 Å². The monoisotopic (exact) mass is 762 g/mol. The number of aliphatic hydroxyl groups excluding tert-OH is 7. The molecule has 0 aromatic heterocycles. The molecule has 0 spiro atoms. The summed E-state index contributed by atoms with van der Waals surface area (Å²) in [7, 11) is 0. The Labute approximate surface area is 316 Å². The van der Waals surface area contributed by atoms with E-state index in [0.717, 1.165) is 32.1 Å². The topological polar surface area (TPSA) is 214 Å². The zero-order chi connectivity index (χ0) is 38.8. The molecular formula is C39H70O14. The van der Waals surface area contributed by atoms with Gasteiger partial charge in [0.1, 0.15) is 54.9 Å². The van der Waals surface area contributed by atoms with Gasteiger partial charge in [-0.2, -0.15) is 0 Å². The number of hydrogen-bond donors (Lipinski definition) is 7. The summed E-state index contributed by atoms with van der Waals surface area (Å²) in [4.78, 5) is 12.1. The maximum absolute atomic E-state index is 12.1. The van der Waals surface area contributed by atoms with E-state index in [2.05, 4.69) is 31.2 Å². The fraction of sp³-hybridized carbons (Fsp3) is 0.872. The molecule has 310 valence electrons. The lowest BCUT2D eigenvalue weighted by atomic mass is 9.98. The lowest BCUT2D eigenvalue weighted by molar-refractivity contribution is -0.332. The van der Waals surface area contributed by atoms with Crippen LogP contribution in [0.4, 0.5) is 0 Å². The summed E-state index contributed by atoms with van der Waals surface area (Å²) in [6, 6.07) is 0. The predicted molar refractivity (Wildman–Crippen MR) is 197 cm³/mol. The molecule has 2 fully saturated rings. The molecule has 11 unspecified atom stereocenters. The van der Waals surface area contributed by atoms with Gasteiger partial charge in [0, 0.05) is 13.0 Å². The number of carbonyl (C=O) groups is 1. The lowest BCUT2D eigenvalue weighted by Crippen LogP contribution is -2.61. The molecule has 7 N–H and O–H groups in total. The van der Waals surface area contributed by atoms with E-state index in [0.29, 0.717) is 6.61 Å². The van der Waals surface area contributed by atoms with Gasteiger partial charge >= 0.3 is 5.97 Å². The number of ether oxygens (including phenoxy) is 6. The average molecular weight is 763 g/mol. The maximum atomic E-state index is 12.1. The smallest absolute Gasteiger partial charge is 0.305 e. The zero-order valence-corrected chi connectivity index (χ0v) is 32.0. The Morgan fingerprint density at radius 2 is 1.15 bits per heavy atom. The van der Waals surface area contributed by atoms with Crippen molar-refractivity contribution in [2.45, 2.75) is 184 Å². The second-order valence-corrected chi connectivity index (χ2v) is 14.1. The third kappa shape index (κ3) is 18.8. The second kappa shape index (κ2) is 28.8. The molecular weight excluding hydrogens is 692 g/mol. The molecule has 0 aliphatic carbocycles. The maximum Gasteiger partial charge on any atom is 0.305 e. The molecule has 11 atom stereocenters. The van der Waals surface area contributed by atoms with Crippen molar-refractivity contribution < 1.29 is 69.0 Å². The van der Waals surface area contributed by atoms with Gasteiger partial charge < -0.3 is 64.2 Å². The van der Waals surface area contributed by atoms with Crippen LogP contribution in [-0.4, -0.2) is 142 Å².